The number of pyridine rings is 1. The zero-order chi connectivity index (χ0) is 10.4. The molecule has 14 heavy (non-hydrogen) atoms. The molecule has 0 saturated carbocycles. The molecule has 0 saturated heterocycles. The lowest BCUT2D eigenvalue weighted by atomic mass is 10.2. The monoisotopic (exact) mass is 194 g/mol. The molecule has 0 aliphatic heterocycles. The van der Waals surface area contributed by atoms with Gasteiger partial charge in [-0.15, -0.1) is 0 Å². The van der Waals surface area contributed by atoms with Gasteiger partial charge in [-0.1, -0.05) is 5.16 Å². The number of ether oxygens (including phenoxy) is 1. The van der Waals surface area contributed by atoms with Crippen LogP contribution in [0.3, 0.4) is 0 Å². The molecule has 5 nitrogen and oxygen atoms in total. The first kappa shape index (κ1) is 10.2. The van der Waals surface area contributed by atoms with E-state index in [2.05, 4.69) is 10.1 Å². The maximum Gasteiger partial charge on any atom is 0.338 e. The van der Waals surface area contributed by atoms with Gasteiger partial charge >= 0.3 is 5.97 Å². The Labute approximate surface area is 81.0 Å². The van der Waals surface area contributed by atoms with Gasteiger partial charge in [0.2, 0.25) is 0 Å². The highest BCUT2D eigenvalue weighted by Crippen LogP contribution is 2.02. The molecule has 1 aromatic rings. The fourth-order valence-corrected chi connectivity index (χ4v) is 0.919. The Hall–Kier alpha value is -1.91. The second-order valence-corrected chi connectivity index (χ2v) is 2.43. The summed E-state index contributed by atoms with van der Waals surface area (Å²) in [6.45, 7) is 2.06. The van der Waals surface area contributed by atoms with E-state index in [1.165, 1.54) is 18.3 Å². The van der Waals surface area contributed by atoms with E-state index in [9.17, 15) is 4.79 Å². The number of rotatable bonds is 3. The lowest BCUT2D eigenvalue weighted by Crippen LogP contribution is -2.05. The highest BCUT2D eigenvalue weighted by atomic mass is 16.5. The number of esters is 1. The predicted octanol–water partition coefficient (Wildman–Crippen LogP) is 1.07. The zero-order valence-corrected chi connectivity index (χ0v) is 7.67. The predicted molar refractivity (Wildman–Crippen MR) is 49.6 cm³/mol. The second kappa shape index (κ2) is 4.96. The van der Waals surface area contributed by atoms with E-state index < -0.39 is 5.97 Å². The summed E-state index contributed by atoms with van der Waals surface area (Å²) in [5, 5.41) is 11.1. The Bertz CT molecular complexity index is 350. The molecule has 1 N–H and O–H groups in total. The number of nitrogens with zero attached hydrogens (tertiary/aromatic N) is 2. The molecule has 0 aliphatic rings. The summed E-state index contributed by atoms with van der Waals surface area (Å²) in [5.74, 6) is -0.414. The molecule has 0 bridgehead atoms. The van der Waals surface area contributed by atoms with Crippen molar-refractivity contribution in [1.82, 2.24) is 4.98 Å². The topological polar surface area (TPSA) is 71.8 Å². The Morgan fingerprint density at radius 3 is 3.21 bits per heavy atom. The summed E-state index contributed by atoms with van der Waals surface area (Å²) in [4.78, 5) is 15.1. The molecule has 0 atom stereocenters. The van der Waals surface area contributed by atoms with Gasteiger partial charge in [0.1, 0.15) is 0 Å². The van der Waals surface area contributed by atoms with Gasteiger partial charge in [0.15, 0.2) is 0 Å². The van der Waals surface area contributed by atoms with Crippen molar-refractivity contribution in [3.8, 4) is 0 Å². The van der Waals surface area contributed by atoms with Crippen LogP contribution in [-0.4, -0.2) is 29.0 Å². The number of carbonyl (C=O) groups excluding carboxylic acids is 1. The lowest BCUT2D eigenvalue weighted by molar-refractivity contribution is 0.0526. The van der Waals surface area contributed by atoms with Crippen LogP contribution in [0, 0.1) is 0 Å². The summed E-state index contributed by atoms with van der Waals surface area (Å²) in [7, 11) is 0. The molecular formula is C9H10N2O3. The highest BCUT2D eigenvalue weighted by Gasteiger charge is 2.06. The van der Waals surface area contributed by atoms with Crippen molar-refractivity contribution < 1.29 is 14.7 Å². The van der Waals surface area contributed by atoms with Gasteiger partial charge in [-0.25, -0.2) is 4.79 Å². The van der Waals surface area contributed by atoms with Crippen molar-refractivity contribution >= 4 is 12.2 Å². The van der Waals surface area contributed by atoms with Crippen LogP contribution in [0.2, 0.25) is 0 Å². The molecule has 1 heterocycles. The minimum atomic E-state index is -0.414. The van der Waals surface area contributed by atoms with E-state index in [4.69, 9.17) is 9.94 Å². The maximum absolute atomic E-state index is 11.2. The third-order valence-corrected chi connectivity index (χ3v) is 1.48. The summed E-state index contributed by atoms with van der Waals surface area (Å²) in [6.07, 6.45) is 2.59. The van der Waals surface area contributed by atoms with E-state index in [0.717, 1.165) is 6.21 Å². The van der Waals surface area contributed by atoms with Gasteiger partial charge in [0.25, 0.3) is 0 Å². The number of oxime groups is 1. The van der Waals surface area contributed by atoms with E-state index in [1.807, 2.05) is 0 Å². The zero-order valence-electron chi connectivity index (χ0n) is 7.67. The molecule has 5 heteroatoms. The van der Waals surface area contributed by atoms with Crippen LogP contribution in [0.15, 0.2) is 23.5 Å². The van der Waals surface area contributed by atoms with Gasteiger partial charge in [-0.2, -0.15) is 0 Å². The summed E-state index contributed by atoms with van der Waals surface area (Å²) < 4.78 is 4.79. The van der Waals surface area contributed by atoms with Crippen molar-refractivity contribution in [2.24, 2.45) is 5.16 Å². The fraction of sp³-hybridized carbons (Fsp3) is 0.222. The molecule has 1 rings (SSSR count). The first-order chi connectivity index (χ1) is 6.77. The summed E-state index contributed by atoms with van der Waals surface area (Å²) in [6, 6.07) is 3.02. The summed E-state index contributed by atoms with van der Waals surface area (Å²) >= 11 is 0. The van der Waals surface area contributed by atoms with E-state index in [1.54, 1.807) is 6.92 Å². The van der Waals surface area contributed by atoms with Crippen molar-refractivity contribution in [1.29, 1.82) is 0 Å². The Kier molecular flexibility index (Phi) is 3.60. The Morgan fingerprint density at radius 2 is 2.57 bits per heavy atom. The standard InChI is InChI=1S/C9H10N2O3/c1-2-14-9(12)7-3-4-10-8(5-7)6-11-13/h3-6,13H,2H2,1H3/b11-6+. The third kappa shape index (κ3) is 2.55. The van der Waals surface area contributed by atoms with Crippen LogP contribution in [0.4, 0.5) is 0 Å². The molecule has 0 spiro atoms. The smallest absolute Gasteiger partial charge is 0.338 e. The average molecular weight is 194 g/mol. The molecule has 0 unspecified atom stereocenters. The van der Waals surface area contributed by atoms with E-state index in [-0.39, 0.29) is 0 Å². The highest BCUT2D eigenvalue weighted by molar-refractivity contribution is 5.91. The number of carbonyl (C=O) groups is 1. The Morgan fingerprint density at radius 1 is 1.79 bits per heavy atom. The van der Waals surface area contributed by atoms with Gasteiger partial charge in [0, 0.05) is 6.20 Å². The maximum atomic E-state index is 11.2. The molecule has 0 aromatic carbocycles. The SMILES string of the molecule is CCOC(=O)c1ccnc(/C=N/O)c1. The normalized spacial score (nSPS) is 10.4. The van der Waals surface area contributed by atoms with Crippen LogP contribution in [0.1, 0.15) is 23.0 Å². The average Bonchev–Trinajstić information content (AvgIpc) is 2.19. The molecule has 74 valence electrons. The minimum absolute atomic E-state index is 0.324. The first-order valence-corrected chi connectivity index (χ1v) is 4.08. The molecular weight excluding hydrogens is 184 g/mol. The van der Waals surface area contributed by atoms with Crippen LogP contribution < -0.4 is 0 Å². The van der Waals surface area contributed by atoms with Crippen molar-refractivity contribution in [3.63, 3.8) is 0 Å². The van der Waals surface area contributed by atoms with E-state index in [0.29, 0.717) is 17.9 Å². The number of aromatic nitrogens is 1. The van der Waals surface area contributed by atoms with Crippen LogP contribution in [0.5, 0.6) is 0 Å². The van der Waals surface area contributed by atoms with Gasteiger partial charge < -0.3 is 9.94 Å². The van der Waals surface area contributed by atoms with Gasteiger partial charge in [0.05, 0.1) is 24.1 Å². The number of hydrogen-bond donors (Lipinski definition) is 1. The molecule has 0 radical (unpaired) electrons. The van der Waals surface area contributed by atoms with Crippen molar-refractivity contribution in [2.45, 2.75) is 6.92 Å². The molecule has 1 aromatic heterocycles. The van der Waals surface area contributed by atoms with Gasteiger partial charge in [-0.3, -0.25) is 4.98 Å². The lowest BCUT2D eigenvalue weighted by Gasteiger charge is -2.01. The van der Waals surface area contributed by atoms with Crippen molar-refractivity contribution in [3.05, 3.63) is 29.6 Å². The van der Waals surface area contributed by atoms with Crippen LogP contribution in [0.25, 0.3) is 0 Å². The number of hydrogen-bond acceptors (Lipinski definition) is 5. The molecule has 0 amide bonds. The second-order valence-electron chi connectivity index (χ2n) is 2.43. The van der Waals surface area contributed by atoms with Crippen molar-refractivity contribution in [2.75, 3.05) is 6.61 Å². The quantitative estimate of drug-likeness (QED) is 0.338. The summed E-state index contributed by atoms with van der Waals surface area (Å²) in [5.41, 5.74) is 0.787. The van der Waals surface area contributed by atoms with Gasteiger partial charge in [-0.05, 0) is 19.1 Å². The van der Waals surface area contributed by atoms with E-state index >= 15 is 0 Å². The molecule has 0 aliphatic carbocycles. The minimum Gasteiger partial charge on any atom is -0.462 e. The first-order valence-electron chi connectivity index (χ1n) is 4.08. The fourth-order valence-electron chi connectivity index (χ4n) is 0.919. The third-order valence-electron chi connectivity index (χ3n) is 1.48. The largest absolute Gasteiger partial charge is 0.462 e. The molecule has 0 fully saturated rings. The van der Waals surface area contributed by atoms with Crippen LogP contribution in [-0.2, 0) is 4.74 Å². The Balaban J connectivity index is 2.87. The van der Waals surface area contributed by atoms with Crippen LogP contribution >= 0.6 is 0 Å².